The largest absolute Gasteiger partial charge is 0.465 e. The van der Waals surface area contributed by atoms with Crippen LogP contribution in [0.5, 0.6) is 0 Å². The highest BCUT2D eigenvalue weighted by atomic mass is 16.4. The van der Waals surface area contributed by atoms with E-state index >= 15 is 0 Å². The Hall–Kier alpha value is -1.91. The zero-order valence-corrected chi connectivity index (χ0v) is 12.4. The molecule has 3 N–H and O–H groups in total. The lowest BCUT2D eigenvalue weighted by molar-refractivity contribution is 0.149. The minimum absolute atomic E-state index is 0.0254. The molecule has 2 rings (SSSR count). The van der Waals surface area contributed by atoms with Gasteiger partial charge in [0, 0.05) is 25.2 Å². The number of carbonyl (C=O) groups is 1. The lowest BCUT2D eigenvalue weighted by Crippen LogP contribution is -2.45. The molecule has 0 aliphatic carbocycles. The van der Waals surface area contributed by atoms with Crippen molar-refractivity contribution in [3.05, 3.63) is 35.2 Å². The molecule has 0 aromatic carbocycles. The smallest absolute Gasteiger partial charge is 0.407 e. The van der Waals surface area contributed by atoms with Gasteiger partial charge in [0.1, 0.15) is 0 Å². The van der Waals surface area contributed by atoms with Gasteiger partial charge >= 0.3 is 6.09 Å². The van der Waals surface area contributed by atoms with Crippen LogP contribution in [0, 0.1) is 0 Å². The van der Waals surface area contributed by atoms with Crippen molar-refractivity contribution in [1.82, 2.24) is 9.80 Å². The van der Waals surface area contributed by atoms with Crippen LogP contribution >= 0.6 is 0 Å². The molecule has 0 radical (unpaired) electrons. The number of allylic oxidation sites excluding steroid dienone is 2. The van der Waals surface area contributed by atoms with Crippen LogP contribution in [-0.4, -0.2) is 46.2 Å². The predicted molar refractivity (Wildman–Crippen MR) is 79.1 cm³/mol. The molecule has 1 amide bonds. The van der Waals surface area contributed by atoms with Crippen LogP contribution in [0.3, 0.4) is 0 Å². The van der Waals surface area contributed by atoms with Gasteiger partial charge in [-0.3, -0.25) is 0 Å². The van der Waals surface area contributed by atoms with E-state index in [9.17, 15) is 4.79 Å². The monoisotopic (exact) mass is 277 g/mol. The van der Waals surface area contributed by atoms with E-state index < -0.39 is 6.09 Å². The molecule has 0 aromatic rings. The predicted octanol–water partition coefficient (Wildman–Crippen LogP) is 2.14. The summed E-state index contributed by atoms with van der Waals surface area (Å²) < 4.78 is 0. The SMILES string of the molecule is CC(C)(C)N1CC(C2=CCN(C(=O)O)CC2)=CC=C1N. The van der Waals surface area contributed by atoms with Gasteiger partial charge in [-0.15, -0.1) is 0 Å². The Morgan fingerprint density at radius 1 is 1.30 bits per heavy atom. The van der Waals surface area contributed by atoms with Crippen molar-refractivity contribution >= 4 is 6.09 Å². The maximum atomic E-state index is 10.9. The molecule has 110 valence electrons. The first-order valence-electron chi connectivity index (χ1n) is 6.90. The molecule has 20 heavy (non-hydrogen) atoms. The summed E-state index contributed by atoms with van der Waals surface area (Å²) in [6, 6.07) is 0. The topological polar surface area (TPSA) is 69.8 Å². The molecular formula is C15H23N3O2. The molecule has 2 aliphatic rings. The minimum Gasteiger partial charge on any atom is -0.465 e. The van der Waals surface area contributed by atoms with E-state index in [1.807, 2.05) is 12.2 Å². The molecule has 0 spiro atoms. The number of carboxylic acid groups (broad SMARTS) is 1. The van der Waals surface area contributed by atoms with Crippen LogP contribution in [0.1, 0.15) is 27.2 Å². The molecule has 0 saturated carbocycles. The van der Waals surface area contributed by atoms with Crippen LogP contribution in [-0.2, 0) is 0 Å². The molecule has 0 bridgehead atoms. The third-order valence-corrected chi connectivity index (χ3v) is 3.80. The molecule has 0 aromatic heterocycles. The Morgan fingerprint density at radius 2 is 2.00 bits per heavy atom. The van der Waals surface area contributed by atoms with Crippen molar-refractivity contribution in [2.45, 2.75) is 32.7 Å². The molecule has 5 nitrogen and oxygen atoms in total. The summed E-state index contributed by atoms with van der Waals surface area (Å²) in [4.78, 5) is 14.5. The molecule has 5 heteroatoms. The van der Waals surface area contributed by atoms with Gasteiger partial charge in [-0.1, -0.05) is 12.2 Å². The molecular weight excluding hydrogens is 254 g/mol. The Kier molecular flexibility index (Phi) is 3.79. The van der Waals surface area contributed by atoms with Gasteiger partial charge in [-0.25, -0.2) is 4.79 Å². The standard InChI is InChI=1S/C15H23N3O2/c1-15(2,3)18-10-12(4-5-13(18)16)11-6-8-17(9-7-11)14(19)20/h4-6H,7-10,16H2,1-3H3,(H,19,20). The lowest BCUT2D eigenvalue weighted by atomic mass is 9.94. The van der Waals surface area contributed by atoms with Gasteiger partial charge in [0.15, 0.2) is 0 Å². The summed E-state index contributed by atoms with van der Waals surface area (Å²) >= 11 is 0. The van der Waals surface area contributed by atoms with Crippen molar-refractivity contribution in [2.24, 2.45) is 5.73 Å². The van der Waals surface area contributed by atoms with Gasteiger partial charge in [-0.05, 0) is 44.4 Å². The molecule has 0 fully saturated rings. The fourth-order valence-electron chi connectivity index (χ4n) is 2.56. The second-order valence-corrected chi connectivity index (χ2v) is 6.25. The fourth-order valence-corrected chi connectivity index (χ4v) is 2.56. The van der Waals surface area contributed by atoms with Gasteiger partial charge in [-0.2, -0.15) is 0 Å². The maximum absolute atomic E-state index is 10.9. The van der Waals surface area contributed by atoms with Gasteiger partial charge < -0.3 is 20.6 Å². The van der Waals surface area contributed by atoms with Crippen molar-refractivity contribution in [1.29, 1.82) is 0 Å². The zero-order valence-electron chi connectivity index (χ0n) is 12.4. The lowest BCUT2D eigenvalue weighted by Gasteiger charge is -2.40. The van der Waals surface area contributed by atoms with Crippen molar-refractivity contribution in [2.75, 3.05) is 19.6 Å². The highest BCUT2D eigenvalue weighted by Gasteiger charge is 2.27. The maximum Gasteiger partial charge on any atom is 0.407 e. The first kappa shape index (κ1) is 14.5. The minimum atomic E-state index is -0.849. The third kappa shape index (κ3) is 2.98. The summed E-state index contributed by atoms with van der Waals surface area (Å²) in [7, 11) is 0. The highest BCUT2D eigenvalue weighted by molar-refractivity contribution is 5.65. The second-order valence-electron chi connectivity index (χ2n) is 6.25. The number of hydrogen-bond donors (Lipinski definition) is 2. The Labute approximate surface area is 120 Å². The molecule has 0 unspecified atom stereocenters. The third-order valence-electron chi connectivity index (χ3n) is 3.80. The van der Waals surface area contributed by atoms with Gasteiger partial charge in [0.05, 0.1) is 5.82 Å². The van der Waals surface area contributed by atoms with Crippen molar-refractivity contribution in [3.63, 3.8) is 0 Å². The van der Waals surface area contributed by atoms with Gasteiger partial charge in [0.25, 0.3) is 0 Å². The summed E-state index contributed by atoms with van der Waals surface area (Å²) in [6.07, 6.45) is 5.93. The number of rotatable bonds is 1. The number of nitrogens with zero attached hydrogens (tertiary/aromatic N) is 2. The molecule has 0 saturated heterocycles. The quantitative estimate of drug-likeness (QED) is 0.770. The van der Waals surface area contributed by atoms with Crippen molar-refractivity contribution in [3.8, 4) is 0 Å². The van der Waals surface area contributed by atoms with Gasteiger partial charge in [0.2, 0.25) is 0 Å². The summed E-state index contributed by atoms with van der Waals surface area (Å²) in [5.41, 5.74) is 8.50. The van der Waals surface area contributed by atoms with E-state index in [2.05, 4.69) is 31.7 Å². The summed E-state index contributed by atoms with van der Waals surface area (Å²) in [5.74, 6) is 0.782. The molecule has 0 atom stereocenters. The normalized spacial score (nSPS) is 20.2. The highest BCUT2D eigenvalue weighted by Crippen LogP contribution is 2.28. The molecule has 2 heterocycles. The number of nitrogens with two attached hydrogens (primary N) is 1. The van der Waals surface area contributed by atoms with E-state index in [4.69, 9.17) is 10.8 Å². The van der Waals surface area contributed by atoms with E-state index in [1.165, 1.54) is 16.0 Å². The Morgan fingerprint density at radius 3 is 2.50 bits per heavy atom. The average Bonchev–Trinajstić information content (AvgIpc) is 2.38. The van der Waals surface area contributed by atoms with E-state index in [0.29, 0.717) is 13.1 Å². The van der Waals surface area contributed by atoms with E-state index in [1.54, 1.807) is 0 Å². The number of amides is 1. The van der Waals surface area contributed by atoms with Crippen LogP contribution < -0.4 is 5.73 Å². The Balaban J connectivity index is 2.13. The van der Waals surface area contributed by atoms with Crippen LogP contribution in [0.4, 0.5) is 4.79 Å². The molecule has 2 aliphatic heterocycles. The van der Waals surface area contributed by atoms with Crippen LogP contribution in [0.2, 0.25) is 0 Å². The summed E-state index contributed by atoms with van der Waals surface area (Å²) in [5, 5.41) is 8.97. The summed E-state index contributed by atoms with van der Waals surface area (Å²) in [6.45, 7) is 8.23. The first-order chi connectivity index (χ1) is 9.29. The van der Waals surface area contributed by atoms with Crippen molar-refractivity contribution < 1.29 is 9.90 Å². The average molecular weight is 277 g/mol. The van der Waals surface area contributed by atoms with Crippen LogP contribution in [0.25, 0.3) is 0 Å². The second kappa shape index (κ2) is 5.23. The Bertz CT molecular complexity index is 498. The van der Waals surface area contributed by atoms with E-state index in [-0.39, 0.29) is 5.54 Å². The van der Waals surface area contributed by atoms with E-state index in [0.717, 1.165) is 18.8 Å². The van der Waals surface area contributed by atoms with Crippen LogP contribution in [0.15, 0.2) is 35.2 Å². The fraction of sp³-hybridized carbons (Fsp3) is 0.533. The zero-order chi connectivity index (χ0) is 14.9. The number of hydrogen-bond acceptors (Lipinski definition) is 3. The first-order valence-corrected chi connectivity index (χ1v) is 6.90.